The molecular formula is C26H22O. The molecule has 1 heteroatoms. The average molecular weight is 350 g/mol. The summed E-state index contributed by atoms with van der Waals surface area (Å²) in [5.41, 5.74) is 7.98. The molecule has 2 aliphatic carbocycles. The normalized spacial score (nSPS) is 21.1. The summed E-state index contributed by atoms with van der Waals surface area (Å²) >= 11 is 0. The standard InChI is InChI=1S/C26H22O/c1-18-14-15-22-21(17-18)24(19-9-4-2-5-10-19)25(20-11-6-3-7-12-20)26(22)16-8-13-23(26)27/h2-7,9-12,14-15,17H,8,13,16H2,1H3/t26-/m0/s1. The molecule has 0 aromatic heterocycles. The molecule has 2 aliphatic rings. The molecule has 0 saturated heterocycles. The summed E-state index contributed by atoms with van der Waals surface area (Å²) in [5.74, 6) is 0.373. The summed E-state index contributed by atoms with van der Waals surface area (Å²) < 4.78 is 0. The Morgan fingerprint density at radius 3 is 2.11 bits per heavy atom. The molecule has 1 nitrogen and oxygen atoms in total. The molecule has 1 saturated carbocycles. The van der Waals surface area contributed by atoms with E-state index in [9.17, 15) is 4.79 Å². The van der Waals surface area contributed by atoms with Gasteiger partial charge in [-0.15, -0.1) is 0 Å². The highest BCUT2D eigenvalue weighted by Crippen LogP contribution is 2.58. The first kappa shape index (κ1) is 16.3. The van der Waals surface area contributed by atoms with Crippen LogP contribution in [0.3, 0.4) is 0 Å². The zero-order chi connectivity index (χ0) is 18.4. The van der Waals surface area contributed by atoms with Crippen molar-refractivity contribution < 1.29 is 4.79 Å². The van der Waals surface area contributed by atoms with Crippen LogP contribution in [-0.2, 0) is 10.2 Å². The van der Waals surface area contributed by atoms with E-state index in [1.54, 1.807) is 0 Å². The predicted molar refractivity (Wildman–Crippen MR) is 111 cm³/mol. The zero-order valence-corrected chi connectivity index (χ0v) is 15.5. The first-order valence-electron chi connectivity index (χ1n) is 9.72. The number of Topliss-reactive ketones (excluding diaryl/α,β-unsaturated/α-hetero) is 1. The molecule has 5 rings (SSSR count). The van der Waals surface area contributed by atoms with Crippen LogP contribution in [0, 0.1) is 6.92 Å². The third-order valence-corrected chi connectivity index (χ3v) is 6.14. The van der Waals surface area contributed by atoms with Gasteiger partial charge in [0.25, 0.3) is 0 Å². The number of rotatable bonds is 2. The lowest BCUT2D eigenvalue weighted by molar-refractivity contribution is -0.120. The average Bonchev–Trinajstić information content (AvgIpc) is 3.22. The molecule has 0 N–H and O–H groups in total. The van der Waals surface area contributed by atoms with Crippen molar-refractivity contribution in [1.29, 1.82) is 0 Å². The van der Waals surface area contributed by atoms with Crippen LogP contribution in [0.25, 0.3) is 11.1 Å². The van der Waals surface area contributed by atoms with Crippen molar-refractivity contribution in [3.63, 3.8) is 0 Å². The van der Waals surface area contributed by atoms with Crippen molar-refractivity contribution in [1.82, 2.24) is 0 Å². The minimum absolute atomic E-state index is 0.373. The SMILES string of the molecule is Cc1ccc2c(c1)C(c1ccccc1)=C(c1ccccc1)[C@@]21CCCC1=O. The van der Waals surface area contributed by atoms with Crippen LogP contribution >= 0.6 is 0 Å². The molecule has 3 aromatic carbocycles. The lowest BCUT2D eigenvalue weighted by Gasteiger charge is -2.28. The lowest BCUT2D eigenvalue weighted by Crippen LogP contribution is -2.30. The van der Waals surface area contributed by atoms with Crippen LogP contribution in [0.5, 0.6) is 0 Å². The van der Waals surface area contributed by atoms with E-state index >= 15 is 0 Å². The van der Waals surface area contributed by atoms with Gasteiger partial charge in [-0.3, -0.25) is 4.79 Å². The molecule has 27 heavy (non-hydrogen) atoms. The van der Waals surface area contributed by atoms with Gasteiger partial charge in [0, 0.05) is 6.42 Å². The maximum absolute atomic E-state index is 13.4. The molecule has 0 radical (unpaired) electrons. The van der Waals surface area contributed by atoms with Crippen molar-refractivity contribution in [3.8, 4) is 0 Å². The fourth-order valence-corrected chi connectivity index (χ4v) is 5.04. The first-order chi connectivity index (χ1) is 13.2. The van der Waals surface area contributed by atoms with Crippen molar-refractivity contribution >= 4 is 16.9 Å². The second-order valence-corrected chi connectivity index (χ2v) is 7.71. The van der Waals surface area contributed by atoms with Gasteiger partial charge < -0.3 is 0 Å². The Morgan fingerprint density at radius 1 is 0.815 bits per heavy atom. The number of allylic oxidation sites excluding steroid dienone is 1. The molecule has 0 unspecified atom stereocenters. The largest absolute Gasteiger partial charge is 0.298 e. The van der Waals surface area contributed by atoms with Crippen LogP contribution < -0.4 is 0 Å². The lowest BCUT2D eigenvalue weighted by atomic mass is 9.72. The second-order valence-electron chi connectivity index (χ2n) is 7.71. The summed E-state index contributed by atoms with van der Waals surface area (Å²) in [6.07, 6.45) is 2.54. The van der Waals surface area contributed by atoms with E-state index in [0.717, 1.165) is 12.8 Å². The highest BCUT2D eigenvalue weighted by Gasteiger charge is 2.52. The number of aryl methyl sites for hydroxylation is 1. The van der Waals surface area contributed by atoms with E-state index in [1.807, 2.05) is 6.07 Å². The molecular weight excluding hydrogens is 328 g/mol. The molecule has 3 aromatic rings. The van der Waals surface area contributed by atoms with Gasteiger partial charge in [0.1, 0.15) is 5.78 Å². The summed E-state index contributed by atoms with van der Waals surface area (Å²) in [7, 11) is 0. The van der Waals surface area contributed by atoms with Crippen molar-refractivity contribution in [2.45, 2.75) is 31.6 Å². The van der Waals surface area contributed by atoms with Gasteiger partial charge in [0.2, 0.25) is 0 Å². The van der Waals surface area contributed by atoms with E-state index in [1.165, 1.54) is 39.0 Å². The molecule has 0 amide bonds. The number of carbonyl (C=O) groups is 1. The number of ketones is 1. The maximum atomic E-state index is 13.4. The van der Waals surface area contributed by atoms with Crippen LogP contribution in [0.1, 0.15) is 47.1 Å². The van der Waals surface area contributed by atoms with E-state index in [2.05, 4.69) is 79.7 Å². The Labute approximate surface area is 160 Å². The van der Waals surface area contributed by atoms with E-state index < -0.39 is 5.41 Å². The molecule has 0 heterocycles. The quantitative estimate of drug-likeness (QED) is 0.557. The van der Waals surface area contributed by atoms with Crippen molar-refractivity contribution in [3.05, 3.63) is 107 Å². The van der Waals surface area contributed by atoms with Crippen LogP contribution in [0.15, 0.2) is 78.9 Å². The highest BCUT2D eigenvalue weighted by molar-refractivity contribution is 6.18. The fourth-order valence-electron chi connectivity index (χ4n) is 5.04. The van der Waals surface area contributed by atoms with Crippen LogP contribution in [0.2, 0.25) is 0 Å². The molecule has 1 fully saturated rings. The third kappa shape index (κ3) is 2.28. The van der Waals surface area contributed by atoms with Crippen molar-refractivity contribution in [2.24, 2.45) is 0 Å². The van der Waals surface area contributed by atoms with Gasteiger partial charge >= 0.3 is 0 Å². The van der Waals surface area contributed by atoms with Gasteiger partial charge in [-0.1, -0.05) is 84.4 Å². The van der Waals surface area contributed by atoms with Crippen LogP contribution in [-0.4, -0.2) is 5.78 Å². The number of benzene rings is 3. The molecule has 0 bridgehead atoms. The molecule has 1 atom stereocenters. The van der Waals surface area contributed by atoms with Gasteiger partial charge in [0.05, 0.1) is 5.41 Å². The topological polar surface area (TPSA) is 17.1 Å². The molecule has 0 aliphatic heterocycles. The minimum atomic E-state index is -0.491. The number of hydrogen-bond donors (Lipinski definition) is 0. The van der Waals surface area contributed by atoms with Gasteiger partial charge in [0.15, 0.2) is 0 Å². The van der Waals surface area contributed by atoms with Gasteiger partial charge in [-0.05, 0) is 53.2 Å². The number of carbonyl (C=O) groups excluding carboxylic acids is 1. The summed E-state index contributed by atoms with van der Waals surface area (Å²) in [5, 5.41) is 0. The monoisotopic (exact) mass is 350 g/mol. The first-order valence-corrected chi connectivity index (χ1v) is 9.72. The number of hydrogen-bond acceptors (Lipinski definition) is 1. The fraction of sp³-hybridized carbons (Fsp3) is 0.192. The Morgan fingerprint density at radius 2 is 1.48 bits per heavy atom. The summed E-state index contributed by atoms with van der Waals surface area (Å²) in [6, 6.07) is 27.7. The van der Waals surface area contributed by atoms with Crippen LogP contribution in [0.4, 0.5) is 0 Å². The van der Waals surface area contributed by atoms with E-state index in [-0.39, 0.29) is 0 Å². The van der Waals surface area contributed by atoms with E-state index in [4.69, 9.17) is 0 Å². The maximum Gasteiger partial charge on any atom is 0.147 e. The molecule has 1 spiro atoms. The minimum Gasteiger partial charge on any atom is -0.298 e. The molecule has 132 valence electrons. The Kier molecular flexibility index (Phi) is 3.65. The van der Waals surface area contributed by atoms with Gasteiger partial charge in [-0.2, -0.15) is 0 Å². The Hall–Kier alpha value is -2.93. The second kappa shape index (κ2) is 6.06. The highest BCUT2D eigenvalue weighted by atomic mass is 16.1. The zero-order valence-electron chi connectivity index (χ0n) is 15.5. The van der Waals surface area contributed by atoms with Gasteiger partial charge in [-0.25, -0.2) is 0 Å². The number of fused-ring (bicyclic) bond motifs is 2. The Balaban J connectivity index is 1.93. The summed E-state index contributed by atoms with van der Waals surface area (Å²) in [4.78, 5) is 13.4. The smallest absolute Gasteiger partial charge is 0.147 e. The predicted octanol–water partition coefficient (Wildman–Crippen LogP) is 5.96. The summed E-state index contributed by atoms with van der Waals surface area (Å²) in [6.45, 7) is 2.13. The van der Waals surface area contributed by atoms with E-state index in [0.29, 0.717) is 12.2 Å². The van der Waals surface area contributed by atoms with Crippen molar-refractivity contribution in [2.75, 3.05) is 0 Å². The Bertz CT molecular complexity index is 1060. The third-order valence-electron chi connectivity index (χ3n) is 6.14.